The van der Waals surface area contributed by atoms with Crippen LogP contribution in [-0.2, 0) is 19.4 Å². The van der Waals surface area contributed by atoms with Gasteiger partial charge in [-0.1, -0.05) is 51.8 Å². The second-order valence-electron chi connectivity index (χ2n) is 4.99. The van der Waals surface area contributed by atoms with E-state index in [1.54, 1.807) is 0 Å². The Bertz CT molecular complexity index is 572. The molecule has 0 unspecified atom stereocenters. The van der Waals surface area contributed by atoms with Crippen LogP contribution in [-0.4, -0.2) is 6.04 Å². The van der Waals surface area contributed by atoms with Gasteiger partial charge in [0.15, 0.2) is 0 Å². The van der Waals surface area contributed by atoms with Crippen molar-refractivity contribution in [1.82, 2.24) is 5.32 Å². The van der Waals surface area contributed by atoms with E-state index in [2.05, 4.69) is 51.6 Å². The standard InChI is InChI=1S/C16H15BrClN/c17-14-5-6-16(18)13(7-14)10-19-15-8-11-3-1-2-4-12(11)9-15/h1-7,15,19H,8-10H2. The fraction of sp³-hybridized carbons (Fsp3) is 0.250. The lowest BCUT2D eigenvalue weighted by Gasteiger charge is -2.13. The van der Waals surface area contributed by atoms with Crippen LogP contribution in [0.2, 0.25) is 5.02 Å². The summed E-state index contributed by atoms with van der Waals surface area (Å²) in [5, 5.41) is 4.43. The van der Waals surface area contributed by atoms with Crippen LogP contribution in [0.15, 0.2) is 46.9 Å². The Morgan fingerprint density at radius 1 is 1.11 bits per heavy atom. The molecule has 3 heteroatoms. The number of nitrogens with one attached hydrogen (secondary N) is 1. The fourth-order valence-corrected chi connectivity index (χ4v) is 3.23. The van der Waals surface area contributed by atoms with Crippen molar-refractivity contribution in [2.75, 3.05) is 0 Å². The van der Waals surface area contributed by atoms with Gasteiger partial charge in [-0.05, 0) is 47.7 Å². The molecule has 0 heterocycles. The number of hydrogen-bond acceptors (Lipinski definition) is 1. The zero-order valence-electron chi connectivity index (χ0n) is 10.5. The molecule has 2 aromatic rings. The molecule has 0 spiro atoms. The number of fused-ring (bicyclic) bond motifs is 1. The van der Waals surface area contributed by atoms with Gasteiger partial charge in [0.25, 0.3) is 0 Å². The van der Waals surface area contributed by atoms with Gasteiger partial charge in [0, 0.05) is 22.1 Å². The third-order valence-electron chi connectivity index (χ3n) is 3.64. The summed E-state index contributed by atoms with van der Waals surface area (Å²) in [4.78, 5) is 0. The second kappa shape index (κ2) is 5.66. The van der Waals surface area contributed by atoms with Crippen molar-refractivity contribution < 1.29 is 0 Å². The van der Waals surface area contributed by atoms with Gasteiger partial charge in [0.2, 0.25) is 0 Å². The third kappa shape index (κ3) is 3.02. The Morgan fingerprint density at radius 2 is 1.79 bits per heavy atom. The van der Waals surface area contributed by atoms with E-state index in [0.717, 1.165) is 34.4 Å². The summed E-state index contributed by atoms with van der Waals surface area (Å²) in [5.41, 5.74) is 4.09. The molecule has 2 aromatic carbocycles. The summed E-state index contributed by atoms with van der Waals surface area (Å²) >= 11 is 9.70. The van der Waals surface area contributed by atoms with E-state index in [0.29, 0.717) is 6.04 Å². The smallest absolute Gasteiger partial charge is 0.0451 e. The Hall–Kier alpha value is -0.830. The van der Waals surface area contributed by atoms with Gasteiger partial charge >= 0.3 is 0 Å². The molecule has 1 aliphatic carbocycles. The van der Waals surface area contributed by atoms with Gasteiger partial charge in [-0.25, -0.2) is 0 Å². The van der Waals surface area contributed by atoms with Crippen molar-refractivity contribution in [3.05, 3.63) is 68.7 Å². The maximum absolute atomic E-state index is 6.21. The predicted octanol–water partition coefficient (Wildman–Crippen LogP) is 4.36. The molecule has 1 nitrogen and oxygen atoms in total. The van der Waals surface area contributed by atoms with Crippen LogP contribution in [0.4, 0.5) is 0 Å². The van der Waals surface area contributed by atoms with Crippen LogP contribution >= 0.6 is 27.5 Å². The molecule has 19 heavy (non-hydrogen) atoms. The Labute approximate surface area is 127 Å². The highest BCUT2D eigenvalue weighted by atomic mass is 79.9. The van der Waals surface area contributed by atoms with Crippen LogP contribution in [0.3, 0.4) is 0 Å². The maximum Gasteiger partial charge on any atom is 0.0451 e. The van der Waals surface area contributed by atoms with E-state index in [1.165, 1.54) is 11.1 Å². The van der Waals surface area contributed by atoms with Crippen molar-refractivity contribution in [3.8, 4) is 0 Å². The van der Waals surface area contributed by atoms with Crippen LogP contribution in [0.1, 0.15) is 16.7 Å². The lowest BCUT2D eigenvalue weighted by atomic mass is 10.1. The van der Waals surface area contributed by atoms with E-state index < -0.39 is 0 Å². The molecule has 98 valence electrons. The minimum atomic E-state index is 0.521. The highest BCUT2D eigenvalue weighted by Crippen LogP contribution is 2.24. The molecule has 0 radical (unpaired) electrons. The van der Waals surface area contributed by atoms with E-state index in [9.17, 15) is 0 Å². The van der Waals surface area contributed by atoms with Crippen molar-refractivity contribution in [2.45, 2.75) is 25.4 Å². The first-order valence-electron chi connectivity index (χ1n) is 6.46. The summed E-state index contributed by atoms with van der Waals surface area (Å²) in [6.45, 7) is 0.816. The summed E-state index contributed by atoms with van der Waals surface area (Å²) in [5.74, 6) is 0. The number of benzene rings is 2. The molecule has 0 aromatic heterocycles. The van der Waals surface area contributed by atoms with E-state index in [1.807, 2.05) is 12.1 Å². The van der Waals surface area contributed by atoms with Gasteiger partial charge in [-0.2, -0.15) is 0 Å². The van der Waals surface area contributed by atoms with Crippen LogP contribution in [0.25, 0.3) is 0 Å². The van der Waals surface area contributed by atoms with Crippen LogP contribution in [0, 0.1) is 0 Å². The number of rotatable bonds is 3. The zero-order valence-corrected chi connectivity index (χ0v) is 12.8. The molecule has 1 aliphatic rings. The molecular formula is C16H15BrClN. The monoisotopic (exact) mass is 335 g/mol. The van der Waals surface area contributed by atoms with Gasteiger partial charge < -0.3 is 5.32 Å². The molecule has 0 aliphatic heterocycles. The quantitative estimate of drug-likeness (QED) is 0.878. The SMILES string of the molecule is Clc1ccc(Br)cc1CNC1Cc2ccccc2C1. The Balaban J connectivity index is 1.64. The minimum absolute atomic E-state index is 0.521. The van der Waals surface area contributed by atoms with Gasteiger partial charge in [0.05, 0.1) is 0 Å². The molecule has 1 N–H and O–H groups in total. The van der Waals surface area contributed by atoms with E-state index >= 15 is 0 Å². The number of halogens is 2. The van der Waals surface area contributed by atoms with Crippen LogP contribution < -0.4 is 5.32 Å². The predicted molar refractivity (Wildman–Crippen MR) is 83.6 cm³/mol. The largest absolute Gasteiger partial charge is 0.309 e. The fourth-order valence-electron chi connectivity index (χ4n) is 2.64. The average molecular weight is 337 g/mol. The normalized spacial score (nSPS) is 14.6. The lowest BCUT2D eigenvalue weighted by molar-refractivity contribution is 0.533. The van der Waals surface area contributed by atoms with Crippen molar-refractivity contribution in [3.63, 3.8) is 0 Å². The minimum Gasteiger partial charge on any atom is -0.309 e. The van der Waals surface area contributed by atoms with Crippen molar-refractivity contribution in [1.29, 1.82) is 0 Å². The molecule has 0 amide bonds. The van der Waals surface area contributed by atoms with Gasteiger partial charge in [-0.3, -0.25) is 0 Å². The Morgan fingerprint density at radius 3 is 2.47 bits per heavy atom. The summed E-state index contributed by atoms with van der Waals surface area (Å²) in [6, 6.07) is 15.2. The summed E-state index contributed by atoms with van der Waals surface area (Å²) < 4.78 is 1.07. The van der Waals surface area contributed by atoms with E-state index in [-0.39, 0.29) is 0 Å². The molecule has 0 bridgehead atoms. The summed E-state index contributed by atoms with van der Waals surface area (Å²) in [7, 11) is 0. The highest BCUT2D eigenvalue weighted by Gasteiger charge is 2.20. The first-order chi connectivity index (χ1) is 9.22. The third-order valence-corrected chi connectivity index (χ3v) is 4.50. The zero-order chi connectivity index (χ0) is 13.2. The first-order valence-corrected chi connectivity index (χ1v) is 7.63. The van der Waals surface area contributed by atoms with E-state index in [4.69, 9.17) is 11.6 Å². The molecule has 0 fully saturated rings. The molecular weight excluding hydrogens is 322 g/mol. The molecule has 0 saturated carbocycles. The average Bonchev–Trinajstić information content (AvgIpc) is 2.82. The second-order valence-corrected chi connectivity index (χ2v) is 6.31. The van der Waals surface area contributed by atoms with Crippen LogP contribution in [0.5, 0.6) is 0 Å². The highest BCUT2D eigenvalue weighted by molar-refractivity contribution is 9.10. The summed E-state index contributed by atoms with van der Waals surface area (Å²) in [6.07, 6.45) is 2.23. The molecule has 3 rings (SSSR count). The molecule has 0 saturated heterocycles. The van der Waals surface area contributed by atoms with Crippen molar-refractivity contribution >= 4 is 27.5 Å². The lowest BCUT2D eigenvalue weighted by Crippen LogP contribution is -2.29. The Kier molecular flexibility index (Phi) is 3.92. The van der Waals surface area contributed by atoms with Crippen molar-refractivity contribution in [2.24, 2.45) is 0 Å². The molecule has 0 atom stereocenters. The van der Waals surface area contributed by atoms with Gasteiger partial charge in [0.1, 0.15) is 0 Å². The first kappa shape index (κ1) is 13.2. The number of hydrogen-bond donors (Lipinski definition) is 1. The van der Waals surface area contributed by atoms with Gasteiger partial charge in [-0.15, -0.1) is 0 Å². The topological polar surface area (TPSA) is 12.0 Å². The maximum atomic E-state index is 6.21.